The minimum absolute atomic E-state index is 0.148. The number of hydrogen-bond donors (Lipinski definition) is 2. The molecule has 0 saturated heterocycles. The summed E-state index contributed by atoms with van der Waals surface area (Å²) < 4.78 is 0. The minimum Gasteiger partial charge on any atom is -0.370 e. The Morgan fingerprint density at radius 3 is 2.50 bits per heavy atom. The van der Waals surface area contributed by atoms with Crippen LogP contribution < -0.4 is 11.1 Å². The van der Waals surface area contributed by atoms with E-state index in [1.807, 2.05) is 13.0 Å². The summed E-state index contributed by atoms with van der Waals surface area (Å²) in [4.78, 5) is 10.7. The average molecular weight is 198 g/mol. The summed E-state index contributed by atoms with van der Waals surface area (Å²) in [7, 11) is 0. The predicted molar refractivity (Wildman–Crippen MR) is 59.8 cm³/mol. The van der Waals surface area contributed by atoms with Gasteiger partial charge in [-0.05, 0) is 26.2 Å². The van der Waals surface area contributed by atoms with Gasteiger partial charge in [0.1, 0.15) is 0 Å². The SMILES string of the molecule is C=CCC(C)C(C)NC(C)CC(N)=O. The van der Waals surface area contributed by atoms with E-state index in [-0.39, 0.29) is 11.9 Å². The highest BCUT2D eigenvalue weighted by molar-refractivity contribution is 5.74. The molecule has 0 spiro atoms. The monoisotopic (exact) mass is 198 g/mol. The molecule has 0 aromatic heterocycles. The summed E-state index contributed by atoms with van der Waals surface area (Å²) in [5.41, 5.74) is 5.11. The number of carbonyl (C=O) groups is 1. The lowest BCUT2D eigenvalue weighted by atomic mass is 9.99. The molecule has 3 atom stereocenters. The van der Waals surface area contributed by atoms with Gasteiger partial charge in [-0.2, -0.15) is 0 Å². The molecule has 0 bridgehead atoms. The Morgan fingerprint density at radius 2 is 2.07 bits per heavy atom. The largest absolute Gasteiger partial charge is 0.370 e. The van der Waals surface area contributed by atoms with Gasteiger partial charge < -0.3 is 11.1 Å². The second kappa shape index (κ2) is 6.60. The Labute approximate surface area is 86.8 Å². The van der Waals surface area contributed by atoms with Crippen molar-refractivity contribution in [1.82, 2.24) is 5.32 Å². The first-order chi connectivity index (χ1) is 6.47. The van der Waals surface area contributed by atoms with Crippen LogP contribution in [0.5, 0.6) is 0 Å². The van der Waals surface area contributed by atoms with Crippen LogP contribution in [0.3, 0.4) is 0 Å². The van der Waals surface area contributed by atoms with E-state index in [0.717, 1.165) is 6.42 Å². The third-order valence-corrected chi connectivity index (χ3v) is 2.45. The zero-order chi connectivity index (χ0) is 11.1. The molecule has 0 aliphatic rings. The molecule has 1 amide bonds. The molecule has 0 fully saturated rings. The number of rotatable bonds is 7. The van der Waals surface area contributed by atoms with Crippen molar-refractivity contribution in [3.05, 3.63) is 12.7 Å². The number of amides is 1. The van der Waals surface area contributed by atoms with Gasteiger partial charge >= 0.3 is 0 Å². The van der Waals surface area contributed by atoms with E-state index in [0.29, 0.717) is 18.4 Å². The van der Waals surface area contributed by atoms with Crippen molar-refractivity contribution in [1.29, 1.82) is 0 Å². The van der Waals surface area contributed by atoms with Crippen molar-refractivity contribution in [2.24, 2.45) is 11.7 Å². The van der Waals surface area contributed by atoms with E-state index in [9.17, 15) is 4.79 Å². The lowest BCUT2D eigenvalue weighted by Gasteiger charge is -2.23. The lowest BCUT2D eigenvalue weighted by molar-refractivity contribution is -0.118. The number of hydrogen-bond acceptors (Lipinski definition) is 2. The average Bonchev–Trinajstić information content (AvgIpc) is 2.02. The summed E-state index contributed by atoms with van der Waals surface area (Å²) in [6, 6.07) is 0.525. The minimum atomic E-state index is -0.256. The molecule has 3 nitrogen and oxygen atoms in total. The van der Waals surface area contributed by atoms with Gasteiger partial charge in [-0.25, -0.2) is 0 Å². The van der Waals surface area contributed by atoms with E-state index in [4.69, 9.17) is 5.73 Å². The first kappa shape index (κ1) is 13.2. The summed E-state index contributed by atoms with van der Waals surface area (Å²) in [5.74, 6) is 0.274. The highest BCUT2D eigenvalue weighted by atomic mass is 16.1. The summed E-state index contributed by atoms with van der Waals surface area (Å²) >= 11 is 0. The zero-order valence-corrected chi connectivity index (χ0v) is 9.42. The normalized spacial score (nSPS) is 17.1. The van der Waals surface area contributed by atoms with Crippen molar-refractivity contribution in [2.75, 3.05) is 0 Å². The van der Waals surface area contributed by atoms with Crippen molar-refractivity contribution < 1.29 is 4.79 Å². The fraction of sp³-hybridized carbons (Fsp3) is 0.727. The molecular formula is C11H22N2O. The Kier molecular flexibility index (Phi) is 6.21. The molecule has 0 aromatic rings. The van der Waals surface area contributed by atoms with Crippen molar-refractivity contribution in [3.8, 4) is 0 Å². The molecule has 3 unspecified atom stereocenters. The molecule has 0 rings (SSSR count). The molecule has 0 saturated carbocycles. The number of allylic oxidation sites excluding steroid dienone is 1. The van der Waals surface area contributed by atoms with E-state index in [1.54, 1.807) is 0 Å². The third-order valence-electron chi connectivity index (χ3n) is 2.45. The number of nitrogens with two attached hydrogens (primary N) is 1. The van der Waals surface area contributed by atoms with Gasteiger partial charge in [0, 0.05) is 18.5 Å². The Morgan fingerprint density at radius 1 is 1.50 bits per heavy atom. The quantitative estimate of drug-likeness (QED) is 0.608. The molecule has 14 heavy (non-hydrogen) atoms. The van der Waals surface area contributed by atoms with Crippen molar-refractivity contribution in [2.45, 2.75) is 45.7 Å². The molecule has 0 radical (unpaired) electrons. The maximum Gasteiger partial charge on any atom is 0.218 e. The van der Waals surface area contributed by atoms with Crippen LogP contribution in [0.4, 0.5) is 0 Å². The molecule has 0 aliphatic carbocycles. The Hall–Kier alpha value is -0.830. The maximum atomic E-state index is 10.7. The molecule has 82 valence electrons. The maximum absolute atomic E-state index is 10.7. The summed E-state index contributed by atoms with van der Waals surface area (Å²) in [6.07, 6.45) is 3.30. The second-order valence-corrected chi connectivity index (χ2v) is 4.03. The van der Waals surface area contributed by atoms with Crippen LogP contribution >= 0.6 is 0 Å². The third kappa shape index (κ3) is 5.75. The lowest BCUT2D eigenvalue weighted by Crippen LogP contribution is -2.40. The van der Waals surface area contributed by atoms with Gasteiger partial charge in [0.25, 0.3) is 0 Å². The molecule has 0 aliphatic heterocycles. The Bertz CT molecular complexity index is 192. The van der Waals surface area contributed by atoms with Crippen LogP contribution in [0.15, 0.2) is 12.7 Å². The van der Waals surface area contributed by atoms with Crippen molar-refractivity contribution in [3.63, 3.8) is 0 Å². The van der Waals surface area contributed by atoms with E-state index >= 15 is 0 Å². The van der Waals surface area contributed by atoms with Crippen LogP contribution in [-0.2, 0) is 4.79 Å². The van der Waals surface area contributed by atoms with Crippen LogP contribution in [0.25, 0.3) is 0 Å². The van der Waals surface area contributed by atoms with Gasteiger partial charge in [-0.3, -0.25) is 4.79 Å². The highest BCUT2D eigenvalue weighted by Gasteiger charge is 2.14. The van der Waals surface area contributed by atoms with Gasteiger partial charge in [-0.1, -0.05) is 13.0 Å². The standard InChI is InChI=1S/C11H22N2O/c1-5-6-8(2)10(4)13-9(3)7-11(12)14/h5,8-10,13H,1,6-7H2,2-4H3,(H2,12,14). The molecule has 3 heteroatoms. The fourth-order valence-corrected chi connectivity index (χ4v) is 1.44. The zero-order valence-electron chi connectivity index (χ0n) is 9.42. The number of carbonyl (C=O) groups excluding carboxylic acids is 1. The van der Waals surface area contributed by atoms with E-state index < -0.39 is 0 Å². The smallest absolute Gasteiger partial charge is 0.218 e. The van der Waals surface area contributed by atoms with E-state index in [1.165, 1.54) is 0 Å². The van der Waals surface area contributed by atoms with Crippen LogP contribution in [0.2, 0.25) is 0 Å². The molecule has 3 N–H and O–H groups in total. The topological polar surface area (TPSA) is 55.1 Å². The van der Waals surface area contributed by atoms with Gasteiger partial charge in [0.2, 0.25) is 5.91 Å². The van der Waals surface area contributed by atoms with Gasteiger partial charge in [-0.15, -0.1) is 6.58 Å². The predicted octanol–water partition coefficient (Wildman–Crippen LogP) is 1.44. The second-order valence-electron chi connectivity index (χ2n) is 4.03. The Balaban J connectivity index is 3.85. The highest BCUT2D eigenvalue weighted by Crippen LogP contribution is 2.09. The molecule has 0 heterocycles. The number of primary amides is 1. The molecular weight excluding hydrogens is 176 g/mol. The van der Waals surface area contributed by atoms with Crippen molar-refractivity contribution >= 4 is 5.91 Å². The first-order valence-corrected chi connectivity index (χ1v) is 5.12. The number of nitrogens with one attached hydrogen (secondary N) is 1. The first-order valence-electron chi connectivity index (χ1n) is 5.12. The van der Waals surface area contributed by atoms with E-state index in [2.05, 4.69) is 25.7 Å². The molecule has 0 aromatic carbocycles. The summed E-state index contributed by atoms with van der Waals surface area (Å²) in [6.45, 7) is 9.96. The van der Waals surface area contributed by atoms with Gasteiger partial charge in [0.05, 0.1) is 0 Å². The van der Waals surface area contributed by atoms with Crippen LogP contribution in [-0.4, -0.2) is 18.0 Å². The van der Waals surface area contributed by atoms with Crippen LogP contribution in [0.1, 0.15) is 33.6 Å². The summed E-state index contributed by atoms with van der Waals surface area (Å²) in [5, 5.41) is 3.35. The van der Waals surface area contributed by atoms with Gasteiger partial charge in [0.15, 0.2) is 0 Å². The fourth-order valence-electron chi connectivity index (χ4n) is 1.44. The van der Waals surface area contributed by atoms with Crippen LogP contribution in [0, 0.1) is 5.92 Å².